The van der Waals surface area contributed by atoms with E-state index < -0.39 is 6.09 Å². The van der Waals surface area contributed by atoms with Gasteiger partial charge in [-0.2, -0.15) is 0 Å². The summed E-state index contributed by atoms with van der Waals surface area (Å²) in [6.07, 6.45) is 2.81. The Hall–Kier alpha value is -1.59. The normalized spacial score (nSPS) is 22.0. The molecular weight excluding hydrogens is 278 g/mol. The average Bonchev–Trinajstić information content (AvgIpc) is 3.37. The first-order valence-electron chi connectivity index (χ1n) is 8.21. The van der Waals surface area contributed by atoms with Gasteiger partial charge in [0.15, 0.2) is 0 Å². The summed E-state index contributed by atoms with van der Waals surface area (Å²) in [4.78, 5) is 15.2. The zero-order valence-corrected chi connectivity index (χ0v) is 12.9. The Bertz CT molecular complexity index is 490. The highest BCUT2D eigenvalue weighted by Crippen LogP contribution is 2.28. The predicted molar refractivity (Wildman–Crippen MR) is 85.9 cm³/mol. The Labute approximate surface area is 131 Å². The predicted octanol–water partition coefficient (Wildman–Crippen LogP) is 1.99. The van der Waals surface area contributed by atoms with E-state index in [1.165, 1.54) is 23.3 Å². The van der Waals surface area contributed by atoms with Gasteiger partial charge in [0.25, 0.3) is 0 Å². The van der Waals surface area contributed by atoms with E-state index in [4.69, 9.17) is 5.11 Å². The molecule has 0 bridgehead atoms. The van der Waals surface area contributed by atoms with Crippen LogP contribution in [-0.4, -0.2) is 59.3 Å². The Morgan fingerprint density at radius 2 is 2.09 bits per heavy atom. The molecule has 2 fully saturated rings. The number of hydrogen-bond acceptors (Lipinski definition) is 3. The molecule has 1 aliphatic carbocycles. The van der Waals surface area contributed by atoms with Crippen molar-refractivity contribution in [3.8, 4) is 0 Å². The number of carboxylic acid groups (broad SMARTS) is 1. The summed E-state index contributed by atoms with van der Waals surface area (Å²) in [5, 5.41) is 12.6. The first-order chi connectivity index (χ1) is 10.7. The molecule has 1 aromatic carbocycles. The summed E-state index contributed by atoms with van der Waals surface area (Å²) in [6, 6.07) is 11.6. The van der Waals surface area contributed by atoms with Gasteiger partial charge >= 0.3 is 6.09 Å². The van der Waals surface area contributed by atoms with Crippen LogP contribution in [0, 0.1) is 0 Å². The van der Waals surface area contributed by atoms with Crippen LogP contribution in [0.15, 0.2) is 30.3 Å². The van der Waals surface area contributed by atoms with Crippen molar-refractivity contribution < 1.29 is 9.90 Å². The van der Waals surface area contributed by atoms with Crippen molar-refractivity contribution in [3.05, 3.63) is 35.9 Å². The van der Waals surface area contributed by atoms with Gasteiger partial charge in [-0.15, -0.1) is 0 Å². The van der Waals surface area contributed by atoms with Crippen LogP contribution < -0.4 is 5.32 Å². The second-order valence-electron chi connectivity index (χ2n) is 6.36. The number of nitrogens with one attached hydrogen (secondary N) is 1. The first kappa shape index (κ1) is 15.3. The molecule has 1 aliphatic heterocycles. The third-order valence-corrected chi connectivity index (χ3v) is 4.58. The second kappa shape index (κ2) is 7.11. The largest absolute Gasteiger partial charge is 0.465 e. The zero-order chi connectivity index (χ0) is 15.4. The minimum Gasteiger partial charge on any atom is -0.465 e. The fraction of sp³-hybridized carbons (Fsp3) is 0.588. The quantitative estimate of drug-likeness (QED) is 0.844. The van der Waals surface area contributed by atoms with Gasteiger partial charge in [0.2, 0.25) is 0 Å². The number of nitrogens with zero attached hydrogens (tertiary/aromatic N) is 2. The van der Waals surface area contributed by atoms with E-state index in [-0.39, 0.29) is 6.04 Å². The molecule has 1 saturated heterocycles. The molecule has 3 rings (SSSR count). The molecular formula is C17H25N3O2. The molecule has 1 aromatic rings. The third-order valence-electron chi connectivity index (χ3n) is 4.58. The number of carbonyl (C=O) groups is 1. The molecule has 120 valence electrons. The number of benzene rings is 1. The van der Waals surface area contributed by atoms with Gasteiger partial charge in [0.1, 0.15) is 0 Å². The van der Waals surface area contributed by atoms with Crippen LogP contribution in [0.1, 0.15) is 24.8 Å². The monoisotopic (exact) mass is 303 g/mol. The van der Waals surface area contributed by atoms with Gasteiger partial charge in [0, 0.05) is 44.8 Å². The fourth-order valence-electron chi connectivity index (χ4n) is 3.16. The molecule has 2 N–H and O–H groups in total. The van der Waals surface area contributed by atoms with Crippen molar-refractivity contribution in [3.63, 3.8) is 0 Å². The van der Waals surface area contributed by atoms with Gasteiger partial charge in [-0.1, -0.05) is 30.3 Å². The summed E-state index contributed by atoms with van der Waals surface area (Å²) < 4.78 is 0. The maximum absolute atomic E-state index is 11.1. The standard InChI is InChI=1S/C17H25N3O2/c21-17(22)20-11-9-18-15(13-20)8-10-19(16-6-7-16)12-14-4-2-1-3-5-14/h1-5,15-16,18H,6-13H2,(H,21,22)/t15-/m1/s1. The summed E-state index contributed by atoms with van der Waals surface area (Å²) in [5.74, 6) is 0. The Morgan fingerprint density at radius 1 is 1.32 bits per heavy atom. The van der Waals surface area contributed by atoms with E-state index in [1.54, 1.807) is 0 Å². The first-order valence-corrected chi connectivity index (χ1v) is 8.21. The molecule has 22 heavy (non-hydrogen) atoms. The molecule has 5 nitrogen and oxygen atoms in total. The van der Waals surface area contributed by atoms with Gasteiger partial charge in [0.05, 0.1) is 0 Å². The SMILES string of the molecule is O=C(O)N1CCN[C@H](CCN(Cc2ccccc2)C2CC2)C1. The van der Waals surface area contributed by atoms with Crippen molar-refractivity contribution in [2.24, 2.45) is 0 Å². The minimum absolute atomic E-state index is 0.280. The van der Waals surface area contributed by atoms with Crippen LogP contribution >= 0.6 is 0 Å². The molecule has 0 aromatic heterocycles. The average molecular weight is 303 g/mol. The molecule has 0 unspecified atom stereocenters. The van der Waals surface area contributed by atoms with Gasteiger partial charge in [-0.05, 0) is 24.8 Å². The highest BCUT2D eigenvalue weighted by molar-refractivity contribution is 5.65. The lowest BCUT2D eigenvalue weighted by Gasteiger charge is -2.33. The topological polar surface area (TPSA) is 55.8 Å². The maximum atomic E-state index is 11.1. The van der Waals surface area contributed by atoms with Crippen molar-refractivity contribution >= 4 is 6.09 Å². The van der Waals surface area contributed by atoms with Gasteiger partial charge in [-0.25, -0.2) is 4.79 Å². The summed E-state index contributed by atoms with van der Waals surface area (Å²) in [5.41, 5.74) is 1.36. The van der Waals surface area contributed by atoms with E-state index in [1.807, 2.05) is 0 Å². The second-order valence-corrected chi connectivity index (χ2v) is 6.36. The van der Waals surface area contributed by atoms with Crippen LogP contribution in [0.5, 0.6) is 0 Å². The van der Waals surface area contributed by atoms with Crippen LogP contribution in [0.25, 0.3) is 0 Å². The molecule has 1 heterocycles. The molecule has 2 aliphatic rings. The maximum Gasteiger partial charge on any atom is 0.407 e. The fourth-order valence-corrected chi connectivity index (χ4v) is 3.16. The van der Waals surface area contributed by atoms with E-state index >= 15 is 0 Å². The molecule has 0 spiro atoms. The van der Waals surface area contributed by atoms with Crippen molar-refractivity contribution in [2.45, 2.75) is 37.9 Å². The molecule has 5 heteroatoms. The van der Waals surface area contributed by atoms with Crippen molar-refractivity contribution in [2.75, 3.05) is 26.2 Å². The van der Waals surface area contributed by atoms with E-state index in [0.29, 0.717) is 13.1 Å². The zero-order valence-electron chi connectivity index (χ0n) is 12.9. The lowest BCUT2D eigenvalue weighted by Crippen LogP contribution is -2.53. The number of rotatable bonds is 6. The molecule has 1 amide bonds. The molecule has 0 radical (unpaired) electrons. The lowest BCUT2D eigenvalue weighted by atomic mass is 10.1. The van der Waals surface area contributed by atoms with E-state index in [0.717, 1.165) is 32.1 Å². The molecule has 1 saturated carbocycles. The number of piperazine rings is 1. The highest BCUT2D eigenvalue weighted by Gasteiger charge is 2.30. The van der Waals surface area contributed by atoms with E-state index in [2.05, 4.69) is 40.5 Å². The van der Waals surface area contributed by atoms with Crippen LogP contribution in [-0.2, 0) is 6.54 Å². The number of hydrogen-bond donors (Lipinski definition) is 2. The van der Waals surface area contributed by atoms with Crippen LogP contribution in [0.2, 0.25) is 0 Å². The van der Waals surface area contributed by atoms with E-state index in [9.17, 15) is 4.79 Å². The lowest BCUT2D eigenvalue weighted by molar-refractivity contribution is 0.124. The van der Waals surface area contributed by atoms with Crippen molar-refractivity contribution in [1.82, 2.24) is 15.1 Å². The summed E-state index contributed by atoms with van der Waals surface area (Å²) in [7, 11) is 0. The Balaban J connectivity index is 1.50. The Kier molecular flexibility index (Phi) is 4.95. The third kappa shape index (κ3) is 4.21. The summed E-state index contributed by atoms with van der Waals surface area (Å²) in [6.45, 7) is 4.01. The van der Waals surface area contributed by atoms with Gasteiger partial charge < -0.3 is 15.3 Å². The van der Waals surface area contributed by atoms with Crippen LogP contribution in [0.4, 0.5) is 4.79 Å². The van der Waals surface area contributed by atoms with Gasteiger partial charge in [-0.3, -0.25) is 4.90 Å². The molecule has 1 atom stereocenters. The minimum atomic E-state index is -0.796. The number of amides is 1. The Morgan fingerprint density at radius 3 is 2.77 bits per heavy atom. The smallest absolute Gasteiger partial charge is 0.407 e. The highest BCUT2D eigenvalue weighted by atomic mass is 16.4. The summed E-state index contributed by atoms with van der Waals surface area (Å²) >= 11 is 0. The van der Waals surface area contributed by atoms with Crippen LogP contribution in [0.3, 0.4) is 0 Å². The van der Waals surface area contributed by atoms with Crippen molar-refractivity contribution in [1.29, 1.82) is 0 Å².